The first-order valence-electron chi connectivity index (χ1n) is 8.31. The minimum absolute atomic E-state index is 0.135. The number of carbonyl (C=O) groups is 1. The van der Waals surface area contributed by atoms with E-state index >= 15 is 0 Å². The number of sulfonamides is 1. The highest BCUT2D eigenvalue weighted by atomic mass is 32.2. The third kappa shape index (κ3) is 8.23. The van der Waals surface area contributed by atoms with Gasteiger partial charge in [0.05, 0.1) is 4.90 Å². The van der Waals surface area contributed by atoms with Gasteiger partial charge in [0.25, 0.3) is 0 Å². The highest BCUT2D eigenvalue weighted by Gasteiger charge is 2.31. The van der Waals surface area contributed by atoms with Crippen LogP contribution in [0, 0.1) is 0 Å². The normalized spacial score (nSPS) is 11.4. The third-order valence-electron chi connectivity index (χ3n) is 3.36. The second-order valence-electron chi connectivity index (χ2n) is 5.66. The zero-order chi connectivity index (χ0) is 22.2. The van der Waals surface area contributed by atoms with Crippen LogP contribution in [-0.4, -0.2) is 32.3 Å². The molecule has 2 aromatic carbocycles. The Morgan fingerprint density at radius 1 is 1.00 bits per heavy atom. The molecule has 0 saturated heterocycles. The summed E-state index contributed by atoms with van der Waals surface area (Å²) in [4.78, 5) is 11.5. The highest BCUT2D eigenvalue weighted by Crippen LogP contribution is 2.23. The predicted molar refractivity (Wildman–Crippen MR) is 107 cm³/mol. The predicted octanol–water partition coefficient (Wildman–Crippen LogP) is 2.27. The molecule has 0 atom stereocenters. The smallest absolute Gasteiger partial charge is 0.406 e. The number of nitrogens with one attached hydrogen (secondary N) is 4. The zero-order valence-corrected chi connectivity index (χ0v) is 16.8. The summed E-state index contributed by atoms with van der Waals surface area (Å²) in [6.45, 7) is -0.241. The maximum absolute atomic E-state index is 12.1. The quantitative estimate of drug-likeness (QED) is 0.369. The van der Waals surface area contributed by atoms with Gasteiger partial charge in [-0.2, -0.15) is 0 Å². The van der Waals surface area contributed by atoms with Crippen molar-refractivity contribution in [3.8, 4) is 5.75 Å². The molecule has 0 radical (unpaired) electrons. The minimum Gasteiger partial charge on any atom is -0.406 e. The number of ether oxygens (including phenoxy) is 1. The number of rotatable bonds is 7. The fourth-order valence-corrected chi connectivity index (χ4v) is 3.28. The van der Waals surface area contributed by atoms with Gasteiger partial charge < -0.3 is 10.1 Å². The van der Waals surface area contributed by atoms with Gasteiger partial charge in [-0.25, -0.2) is 13.1 Å². The third-order valence-corrected chi connectivity index (χ3v) is 5.04. The van der Waals surface area contributed by atoms with Gasteiger partial charge in [0, 0.05) is 18.7 Å². The van der Waals surface area contributed by atoms with Gasteiger partial charge in [0.1, 0.15) is 5.75 Å². The first kappa shape index (κ1) is 23.4. The number of hydrazine groups is 1. The average molecular weight is 462 g/mol. The molecule has 2 rings (SSSR count). The Kier molecular flexibility index (Phi) is 7.97. The maximum Gasteiger partial charge on any atom is 0.573 e. The molecule has 30 heavy (non-hydrogen) atoms. The van der Waals surface area contributed by atoms with Crippen molar-refractivity contribution in [3.05, 3.63) is 54.6 Å². The molecular weight excluding hydrogens is 445 g/mol. The van der Waals surface area contributed by atoms with Crippen LogP contribution in [0.3, 0.4) is 0 Å². The van der Waals surface area contributed by atoms with E-state index in [9.17, 15) is 26.4 Å². The lowest BCUT2D eigenvalue weighted by Gasteiger charge is -2.12. The van der Waals surface area contributed by atoms with Gasteiger partial charge in [0.2, 0.25) is 15.9 Å². The van der Waals surface area contributed by atoms with Gasteiger partial charge >= 0.3 is 6.36 Å². The van der Waals surface area contributed by atoms with Crippen molar-refractivity contribution in [2.75, 3.05) is 11.9 Å². The molecule has 0 unspecified atom stereocenters. The van der Waals surface area contributed by atoms with Gasteiger partial charge in [-0.15, -0.1) is 13.2 Å². The number of halogens is 3. The molecule has 0 heterocycles. The molecule has 1 amide bonds. The molecule has 8 nitrogen and oxygen atoms in total. The number of anilines is 1. The molecule has 13 heteroatoms. The molecular formula is C17H17F3N4O4S2. The van der Waals surface area contributed by atoms with Gasteiger partial charge in [-0.3, -0.25) is 15.6 Å². The van der Waals surface area contributed by atoms with Gasteiger partial charge in [0.15, 0.2) is 5.11 Å². The van der Waals surface area contributed by atoms with Crippen molar-refractivity contribution in [1.82, 2.24) is 15.6 Å². The van der Waals surface area contributed by atoms with Gasteiger partial charge in [-0.05, 0) is 48.6 Å². The SMILES string of the molecule is O=C(CCNS(=O)(=O)c1ccc(OC(F)(F)F)cc1)NNC(=S)Nc1ccccc1. The molecule has 0 aromatic heterocycles. The van der Waals surface area contributed by atoms with Crippen molar-refractivity contribution < 1.29 is 31.1 Å². The number of carbonyl (C=O) groups excluding carboxylic acids is 1. The summed E-state index contributed by atoms with van der Waals surface area (Å²) in [6, 6.07) is 12.6. The van der Waals surface area contributed by atoms with E-state index in [0.717, 1.165) is 24.3 Å². The van der Waals surface area contributed by atoms with Crippen molar-refractivity contribution >= 4 is 38.9 Å². The van der Waals surface area contributed by atoms with Gasteiger partial charge in [-0.1, -0.05) is 18.2 Å². The standard InChI is InChI=1S/C17H17F3N4O4S2/c18-17(19,20)28-13-6-8-14(9-7-13)30(26,27)21-11-10-15(25)23-24-16(29)22-12-4-2-1-3-5-12/h1-9,21H,10-11H2,(H,23,25)(H2,22,24,29). The Labute approximate surface area is 175 Å². The fourth-order valence-electron chi connectivity index (χ4n) is 2.08. The number of hydrogen-bond acceptors (Lipinski definition) is 5. The average Bonchev–Trinajstić information content (AvgIpc) is 2.66. The van der Waals surface area contributed by atoms with Crippen LogP contribution < -0.4 is 25.6 Å². The fraction of sp³-hybridized carbons (Fsp3) is 0.176. The summed E-state index contributed by atoms with van der Waals surface area (Å²) in [7, 11) is -4.01. The van der Waals surface area contributed by atoms with Crippen LogP contribution in [0.1, 0.15) is 6.42 Å². The summed E-state index contributed by atoms with van der Waals surface area (Å²) in [6.07, 6.45) is -5.09. The van der Waals surface area contributed by atoms with Crippen molar-refractivity contribution in [2.45, 2.75) is 17.7 Å². The van der Waals surface area contributed by atoms with Crippen LogP contribution in [0.2, 0.25) is 0 Å². The van der Waals surface area contributed by atoms with Crippen LogP contribution in [0.15, 0.2) is 59.5 Å². The summed E-state index contributed by atoms with van der Waals surface area (Å²) in [5.41, 5.74) is 5.49. The Morgan fingerprint density at radius 2 is 1.63 bits per heavy atom. The Bertz CT molecular complexity index is 969. The first-order chi connectivity index (χ1) is 14.0. The molecule has 4 N–H and O–H groups in total. The van der Waals surface area contributed by atoms with E-state index in [1.54, 1.807) is 24.3 Å². The summed E-state index contributed by atoms with van der Waals surface area (Å²) in [5, 5.41) is 2.97. The molecule has 0 fully saturated rings. The summed E-state index contributed by atoms with van der Waals surface area (Å²) in [5.74, 6) is -1.09. The van der Waals surface area contributed by atoms with E-state index in [1.165, 1.54) is 0 Å². The topological polar surface area (TPSA) is 109 Å². The number of benzene rings is 2. The minimum atomic E-state index is -4.88. The lowest BCUT2D eigenvalue weighted by Crippen LogP contribution is -2.44. The first-order valence-corrected chi connectivity index (χ1v) is 10.2. The van der Waals surface area contributed by atoms with E-state index in [4.69, 9.17) is 12.2 Å². The van der Waals surface area contributed by atoms with E-state index in [1.807, 2.05) is 6.07 Å². The molecule has 0 bridgehead atoms. The summed E-state index contributed by atoms with van der Waals surface area (Å²) < 4.78 is 66.5. The van der Waals surface area contributed by atoms with Crippen LogP contribution in [0.4, 0.5) is 18.9 Å². The zero-order valence-electron chi connectivity index (χ0n) is 15.2. The lowest BCUT2D eigenvalue weighted by molar-refractivity contribution is -0.274. The number of amides is 1. The van der Waals surface area contributed by atoms with E-state index in [0.29, 0.717) is 5.69 Å². The van der Waals surface area contributed by atoms with E-state index in [-0.39, 0.29) is 23.0 Å². The van der Waals surface area contributed by atoms with E-state index in [2.05, 4.69) is 25.6 Å². The molecule has 0 aliphatic rings. The second kappa shape index (κ2) is 10.2. The van der Waals surface area contributed by atoms with E-state index < -0.39 is 28.0 Å². The maximum atomic E-state index is 12.1. The molecule has 0 saturated carbocycles. The van der Waals surface area contributed by atoms with Crippen LogP contribution in [-0.2, 0) is 14.8 Å². The molecule has 0 spiro atoms. The van der Waals surface area contributed by atoms with Crippen LogP contribution in [0.5, 0.6) is 5.75 Å². The highest BCUT2D eigenvalue weighted by molar-refractivity contribution is 7.89. The number of thiocarbonyl (C=S) groups is 1. The summed E-state index contributed by atoms with van der Waals surface area (Å²) >= 11 is 5.00. The molecule has 162 valence electrons. The van der Waals surface area contributed by atoms with Crippen molar-refractivity contribution in [1.29, 1.82) is 0 Å². The number of hydrogen-bond donors (Lipinski definition) is 4. The Balaban J connectivity index is 1.75. The molecule has 2 aromatic rings. The second-order valence-corrected chi connectivity index (χ2v) is 7.84. The number of para-hydroxylation sites is 1. The number of alkyl halides is 3. The monoisotopic (exact) mass is 462 g/mol. The lowest BCUT2D eigenvalue weighted by atomic mass is 10.3. The molecule has 0 aliphatic carbocycles. The van der Waals surface area contributed by atoms with Crippen molar-refractivity contribution in [3.63, 3.8) is 0 Å². The Hall–Kier alpha value is -2.90. The van der Waals surface area contributed by atoms with Crippen LogP contribution >= 0.6 is 12.2 Å². The van der Waals surface area contributed by atoms with Crippen LogP contribution in [0.25, 0.3) is 0 Å². The molecule has 0 aliphatic heterocycles. The largest absolute Gasteiger partial charge is 0.573 e. The van der Waals surface area contributed by atoms with Crippen molar-refractivity contribution in [2.24, 2.45) is 0 Å². The Morgan fingerprint density at radius 3 is 2.23 bits per heavy atom.